The average molecular weight is 717 g/mol. The molecule has 266 valence electrons. The molecule has 2 nitrogen and oxygen atoms in total. The van der Waals surface area contributed by atoms with Crippen molar-refractivity contribution in [3.8, 4) is 16.8 Å². The van der Waals surface area contributed by atoms with E-state index in [1.54, 1.807) is 0 Å². The predicted molar refractivity (Wildman–Crippen MR) is 238 cm³/mol. The average Bonchev–Trinajstić information content (AvgIpc) is 3.68. The first-order valence-corrected chi connectivity index (χ1v) is 19.9. The maximum absolute atomic E-state index is 2.55. The Bertz CT molecular complexity index is 3270. The fraction of sp³-hybridized carbons (Fsp3) is 0.111. The van der Waals surface area contributed by atoms with Crippen molar-refractivity contribution in [3.63, 3.8) is 0 Å². The van der Waals surface area contributed by atoms with Crippen LogP contribution < -0.4 is 4.90 Å². The second-order valence-electron chi connectivity index (χ2n) is 16.9. The molecule has 0 N–H and O–H groups in total. The number of hydrogen-bond donors (Lipinski definition) is 0. The molecule has 56 heavy (non-hydrogen) atoms. The molecule has 0 fully saturated rings. The molecule has 2 heteroatoms. The second-order valence-corrected chi connectivity index (χ2v) is 16.9. The van der Waals surface area contributed by atoms with Gasteiger partial charge in [-0.2, -0.15) is 0 Å². The molecule has 1 aromatic heterocycles. The largest absolute Gasteiger partial charge is 0.310 e. The van der Waals surface area contributed by atoms with Crippen molar-refractivity contribution in [1.29, 1.82) is 0 Å². The Morgan fingerprint density at radius 2 is 0.893 bits per heavy atom. The highest BCUT2D eigenvalue weighted by Gasteiger charge is 2.40. The van der Waals surface area contributed by atoms with Gasteiger partial charge >= 0.3 is 0 Å². The maximum atomic E-state index is 2.55. The van der Waals surface area contributed by atoms with E-state index < -0.39 is 0 Å². The molecule has 2 aliphatic rings. The molecule has 0 bridgehead atoms. The summed E-state index contributed by atoms with van der Waals surface area (Å²) in [5.74, 6) is 0. The van der Waals surface area contributed by atoms with Gasteiger partial charge in [-0.15, -0.1) is 0 Å². The lowest BCUT2D eigenvalue weighted by atomic mass is 9.73. The van der Waals surface area contributed by atoms with E-state index in [1.165, 1.54) is 98.9 Å². The molecule has 0 amide bonds. The number of anilines is 3. The highest BCUT2D eigenvalue weighted by Crippen LogP contribution is 2.56. The minimum atomic E-state index is -0.245. The molecule has 10 aromatic rings. The zero-order valence-electron chi connectivity index (χ0n) is 32.1. The van der Waals surface area contributed by atoms with Gasteiger partial charge in [0.1, 0.15) is 0 Å². The van der Waals surface area contributed by atoms with Crippen LogP contribution in [0.25, 0.3) is 70.9 Å². The van der Waals surface area contributed by atoms with Crippen LogP contribution in [0.3, 0.4) is 0 Å². The number of fused-ring (bicyclic) bond motifs is 15. The van der Waals surface area contributed by atoms with Crippen molar-refractivity contribution in [2.45, 2.75) is 38.5 Å². The molecule has 1 aliphatic carbocycles. The Morgan fingerprint density at radius 3 is 1.55 bits per heavy atom. The highest BCUT2D eigenvalue weighted by molar-refractivity contribution is 6.26. The topological polar surface area (TPSA) is 8.17 Å². The molecule has 12 rings (SSSR count). The first kappa shape index (κ1) is 31.7. The van der Waals surface area contributed by atoms with Crippen molar-refractivity contribution in [3.05, 3.63) is 192 Å². The number of para-hydroxylation sites is 3. The van der Waals surface area contributed by atoms with Crippen molar-refractivity contribution in [2.24, 2.45) is 0 Å². The minimum absolute atomic E-state index is 0.112. The third-order valence-corrected chi connectivity index (χ3v) is 13.3. The summed E-state index contributed by atoms with van der Waals surface area (Å²) in [5.41, 5.74) is 15.1. The summed E-state index contributed by atoms with van der Waals surface area (Å²) < 4.78 is 2.55. The summed E-state index contributed by atoms with van der Waals surface area (Å²) in [5, 5.41) is 10.5. The summed E-state index contributed by atoms with van der Waals surface area (Å²) in [6.45, 7) is 9.58. The fourth-order valence-electron chi connectivity index (χ4n) is 10.7. The van der Waals surface area contributed by atoms with Gasteiger partial charge in [0.15, 0.2) is 0 Å². The van der Waals surface area contributed by atoms with Crippen molar-refractivity contribution in [2.75, 3.05) is 4.90 Å². The third kappa shape index (κ3) is 4.01. The van der Waals surface area contributed by atoms with Crippen LogP contribution in [0, 0.1) is 0 Å². The Balaban J connectivity index is 1.13. The van der Waals surface area contributed by atoms with E-state index in [2.05, 4.69) is 207 Å². The quantitative estimate of drug-likeness (QED) is 0.162. The van der Waals surface area contributed by atoms with E-state index in [4.69, 9.17) is 0 Å². The molecule has 2 heterocycles. The maximum Gasteiger partial charge on any atom is 0.0588 e. The molecule has 1 aliphatic heterocycles. The number of nitrogens with zero attached hydrogens (tertiary/aromatic N) is 2. The van der Waals surface area contributed by atoms with Crippen LogP contribution in [0.5, 0.6) is 0 Å². The zero-order valence-corrected chi connectivity index (χ0v) is 32.1. The Labute approximate surface area is 326 Å². The van der Waals surface area contributed by atoms with E-state index in [-0.39, 0.29) is 10.8 Å². The summed E-state index contributed by atoms with van der Waals surface area (Å²) in [6, 6.07) is 63.7. The van der Waals surface area contributed by atoms with Crippen LogP contribution in [0.4, 0.5) is 17.1 Å². The lowest BCUT2D eigenvalue weighted by molar-refractivity contribution is 0.632. The van der Waals surface area contributed by atoms with Crippen molar-refractivity contribution in [1.82, 2.24) is 4.57 Å². The van der Waals surface area contributed by atoms with Crippen LogP contribution in [0.1, 0.15) is 49.9 Å². The monoisotopic (exact) mass is 716 g/mol. The summed E-state index contributed by atoms with van der Waals surface area (Å²) in [4.78, 5) is 2.47. The van der Waals surface area contributed by atoms with Gasteiger partial charge in [0.25, 0.3) is 0 Å². The van der Waals surface area contributed by atoms with Gasteiger partial charge in [0, 0.05) is 33.0 Å². The highest BCUT2D eigenvalue weighted by atomic mass is 15.2. The number of rotatable bonds is 2. The molecular weight excluding hydrogens is 677 g/mol. The van der Waals surface area contributed by atoms with Crippen LogP contribution in [-0.2, 0) is 10.8 Å². The predicted octanol–water partition coefficient (Wildman–Crippen LogP) is 14.7. The van der Waals surface area contributed by atoms with E-state index in [0.717, 1.165) is 11.4 Å². The molecule has 0 saturated carbocycles. The van der Waals surface area contributed by atoms with E-state index in [9.17, 15) is 0 Å². The van der Waals surface area contributed by atoms with Gasteiger partial charge in [-0.3, -0.25) is 0 Å². The summed E-state index contributed by atoms with van der Waals surface area (Å²) in [7, 11) is 0. The standard InChI is InChI=1S/C54H40N2/c1-53(2)45-23-10-13-26-49(45)55(50-27-14-11-24-46(50)53)33-16-15-17-34(30-33)56-48-25-12-9-22-39(48)41-29-28-40-44-31-42-37-20-7-5-18-35(37)36-19-6-8-21-38(36)43(42)32-47(44)54(3,4)51(40)52(41)56/h5-32H,1-4H3. The first-order valence-electron chi connectivity index (χ1n) is 19.9. The van der Waals surface area contributed by atoms with Crippen LogP contribution in [-0.4, -0.2) is 4.57 Å². The Kier molecular flexibility index (Phi) is 6.22. The fourth-order valence-corrected chi connectivity index (χ4v) is 10.7. The van der Waals surface area contributed by atoms with Gasteiger partial charge in [0.2, 0.25) is 0 Å². The van der Waals surface area contributed by atoms with Crippen molar-refractivity contribution >= 4 is 71.2 Å². The third-order valence-electron chi connectivity index (χ3n) is 13.3. The van der Waals surface area contributed by atoms with Crippen molar-refractivity contribution < 1.29 is 0 Å². The lowest BCUT2D eigenvalue weighted by Gasteiger charge is -2.42. The zero-order chi connectivity index (χ0) is 37.5. The van der Waals surface area contributed by atoms with Crippen LogP contribution in [0.2, 0.25) is 0 Å². The van der Waals surface area contributed by atoms with Gasteiger partial charge < -0.3 is 9.47 Å². The smallest absolute Gasteiger partial charge is 0.0588 e. The van der Waals surface area contributed by atoms with Gasteiger partial charge in [0.05, 0.1) is 22.4 Å². The number of aromatic nitrogens is 1. The number of benzene rings is 9. The molecule has 0 spiro atoms. The molecule has 0 unspecified atom stereocenters. The molecule has 0 saturated heterocycles. The summed E-state index contributed by atoms with van der Waals surface area (Å²) >= 11 is 0. The second kappa shape index (κ2) is 11.0. The van der Waals surface area contributed by atoms with E-state index in [1.807, 2.05) is 0 Å². The van der Waals surface area contributed by atoms with Gasteiger partial charge in [-0.1, -0.05) is 149 Å². The van der Waals surface area contributed by atoms with Crippen LogP contribution in [0.15, 0.2) is 170 Å². The molecule has 0 radical (unpaired) electrons. The number of hydrogen-bond acceptors (Lipinski definition) is 1. The van der Waals surface area contributed by atoms with Gasteiger partial charge in [-0.05, 0) is 114 Å². The van der Waals surface area contributed by atoms with Crippen LogP contribution >= 0.6 is 0 Å². The molecule has 0 atom stereocenters. The lowest BCUT2D eigenvalue weighted by Crippen LogP contribution is -2.30. The van der Waals surface area contributed by atoms with E-state index in [0.29, 0.717) is 0 Å². The first-order chi connectivity index (χ1) is 27.3. The Morgan fingerprint density at radius 1 is 0.357 bits per heavy atom. The molecular formula is C54H40N2. The normalized spacial score (nSPS) is 15.0. The minimum Gasteiger partial charge on any atom is -0.310 e. The Hall–Kier alpha value is -6.64. The van der Waals surface area contributed by atoms with Gasteiger partial charge in [-0.25, -0.2) is 0 Å². The summed E-state index contributed by atoms with van der Waals surface area (Å²) in [6.07, 6.45) is 0. The van der Waals surface area contributed by atoms with E-state index >= 15 is 0 Å². The SMILES string of the molecule is CC1(C)c2ccccc2N(c2cccc(-n3c4ccccc4c4ccc5c(c43)C(C)(C)c3cc4c6ccccc6c6ccccc6c4cc3-5)c2)c2ccccc21. The molecule has 9 aromatic carbocycles.